The van der Waals surface area contributed by atoms with Crippen molar-refractivity contribution in [2.45, 2.75) is 39.8 Å². The normalized spacial score (nSPS) is 11.2. The minimum Gasteiger partial charge on any atom is -0.331 e. The van der Waals surface area contributed by atoms with E-state index >= 15 is 0 Å². The number of aromatic nitrogens is 4. The molecule has 0 aromatic carbocycles. The lowest BCUT2D eigenvalue weighted by Gasteiger charge is -2.06. The van der Waals surface area contributed by atoms with Crippen molar-refractivity contribution in [2.24, 2.45) is 5.73 Å². The summed E-state index contributed by atoms with van der Waals surface area (Å²) in [6, 6.07) is 0. The molecule has 0 aliphatic heterocycles. The lowest BCUT2D eigenvalue weighted by Crippen LogP contribution is -2.07. The van der Waals surface area contributed by atoms with Crippen LogP contribution >= 0.6 is 15.9 Å². The molecule has 0 saturated carbocycles. The Balaban J connectivity index is 2.23. The summed E-state index contributed by atoms with van der Waals surface area (Å²) in [6.07, 6.45) is 5.67. The summed E-state index contributed by atoms with van der Waals surface area (Å²) in [4.78, 5) is 4.35. The lowest BCUT2D eigenvalue weighted by atomic mass is 10.3. The van der Waals surface area contributed by atoms with E-state index in [1.54, 1.807) is 0 Å². The monoisotopic (exact) mass is 325 g/mol. The number of aryl methyl sites for hydroxylation is 2. The van der Waals surface area contributed by atoms with Gasteiger partial charge in [0.2, 0.25) is 0 Å². The molecule has 0 aliphatic carbocycles. The second kappa shape index (κ2) is 6.34. The maximum absolute atomic E-state index is 5.54. The minimum atomic E-state index is 0.633. The molecule has 6 heteroatoms. The molecule has 2 heterocycles. The second-order valence-corrected chi connectivity index (χ2v) is 5.25. The van der Waals surface area contributed by atoms with Gasteiger partial charge in [0, 0.05) is 19.2 Å². The quantitative estimate of drug-likeness (QED) is 0.883. The molecular weight excluding hydrogens is 306 g/mol. The van der Waals surface area contributed by atoms with Crippen LogP contribution in [0.1, 0.15) is 30.9 Å². The SMILES string of the molecule is CCc1nn(CC)c(Cn2cnc(CCN)c2)c1Br. The zero-order valence-corrected chi connectivity index (χ0v) is 13.0. The standard InChI is InChI=1S/C13H20BrN5/c1-3-11-13(14)12(19(4-2)17-11)8-18-7-10(5-6-15)16-9-18/h7,9H,3-6,8,15H2,1-2H3. The molecule has 0 atom stereocenters. The van der Waals surface area contributed by atoms with Crippen LogP contribution in [-0.4, -0.2) is 25.9 Å². The molecule has 0 aliphatic rings. The van der Waals surface area contributed by atoms with Crippen LogP contribution in [0.15, 0.2) is 17.0 Å². The third-order valence-electron chi connectivity index (χ3n) is 3.11. The zero-order valence-electron chi connectivity index (χ0n) is 11.4. The van der Waals surface area contributed by atoms with Crippen molar-refractivity contribution >= 4 is 15.9 Å². The number of hydrogen-bond donors (Lipinski definition) is 1. The summed E-state index contributed by atoms with van der Waals surface area (Å²) < 4.78 is 5.25. The number of nitrogens with two attached hydrogens (primary N) is 1. The Morgan fingerprint density at radius 2 is 2.16 bits per heavy atom. The Morgan fingerprint density at radius 1 is 1.37 bits per heavy atom. The van der Waals surface area contributed by atoms with Crippen LogP contribution in [0.4, 0.5) is 0 Å². The van der Waals surface area contributed by atoms with Gasteiger partial charge in [-0.05, 0) is 35.8 Å². The molecule has 2 aromatic rings. The van der Waals surface area contributed by atoms with E-state index in [1.165, 1.54) is 5.69 Å². The Bertz CT molecular complexity index is 543. The van der Waals surface area contributed by atoms with Crippen molar-refractivity contribution in [1.82, 2.24) is 19.3 Å². The van der Waals surface area contributed by atoms with Gasteiger partial charge in [-0.2, -0.15) is 5.10 Å². The number of nitrogens with zero attached hydrogens (tertiary/aromatic N) is 4. The average Bonchev–Trinajstić information content (AvgIpc) is 2.97. The first-order valence-corrected chi connectivity index (χ1v) is 7.43. The van der Waals surface area contributed by atoms with E-state index in [1.807, 2.05) is 11.0 Å². The predicted octanol–water partition coefficient (Wildman–Crippen LogP) is 1.97. The zero-order chi connectivity index (χ0) is 13.8. The van der Waals surface area contributed by atoms with Crippen molar-refractivity contribution in [1.29, 1.82) is 0 Å². The summed E-state index contributed by atoms with van der Waals surface area (Å²) in [6.45, 7) is 6.51. The summed E-state index contributed by atoms with van der Waals surface area (Å²) in [7, 11) is 0. The summed E-state index contributed by atoms with van der Waals surface area (Å²) in [5.41, 5.74) is 8.88. The van der Waals surface area contributed by atoms with Crippen LogP contribution in [-0.2, 0) is 25.9 Å². The first-order chi connectivity index (χ1) is 9.19. The van der Waals surface area contributed by atoms with E-state index in [9.17, 15) is 0 Å². The van der Waals surface area contributed by atoms with Crippen molar-refractivity contribution in [2.75, 3.05) is 6.54 Å². The van der Waals surface area contributed by atoms with E-state index in [4.69, 9.17) is 5.73 Å². The van der Waals surface area contributed by atoms with Gasteiger partial charge in [-0.1, -0.05) is 6.92 Å². The van der Waals surface area contributed by atoms with E-state index in [0.29, 0.717) is 6.54 Å². The summed E-state index contributed by atoms with van der Waals surface area (Å²) in [5.74, 6) is 0. The Labute approximate surface area is 121 Å². The average molecular weight is 326 g/mol. The number of hydrogen-bond acceptors (Lipinski definition) is 3. The van der Waals surface area contributed by atoms with Crippen LogP contribution in [0.2, 0.25) is 0 Å². The predicted molar refractivity (Wildman–Crippen MR) is 79.1 cm³/mol. The molecule has 2 rings (SSSR count). The number of imidazole rings is 1. The highest BCUT2D eigenvalue weighted by Crippen LogP contribution is 2.23. The van der Waals surface area contributed by atoms with Gasteiger partial charge in [0.15, 0.2) is 0 Å². The van der Waals surface area contributed by atoms with Crippen molar-refractivity contribution in [3.63, 3.8) is 0 Å². The third kappa shape index (κ3) is 3.06. The molecule has 0 saturated heterocycles. The van der Waals surface area contributed by atoms with E-state index in [2.05, 4.69) is 50.6 Å². The van der Waals surface area contributed by atoms with Crippen LogP contribution in [0.3, 0.4) is 0 Å². The number of rotatable bonds is 6. The van der Waals surface area contributed by atoms with Crippen molar-refractivity contribution in [3.8, 4) is 0 Å². The van der Waals surface area contributed by atoms with Crippen LogP contribution in [0, 0.1) is 0 Å². The van der Waals surface area contributed by atoms with E-state index in [0.717, 1.165) is 41.8 Å². The largest absolute Gasteiger partial charge is 0.331 e. The molecule has 0 spiro atoms. The van der Waals surface area contributed by atoms with E-state index in [-0.39, 0.29) is 0 Å². The molecule has 0 bridgehead atoms. The maximum Gasteiger partial charge on any atom is 0.0953 e. The van der Waals surface area contributed by atoms with E-state index < -0.39 is 0 Å². The van der Waals surface area contributed by atoms with Gasteiger partial charge in [0.05, 0.1) is 34.4 Å². The molecule has 19 heavy (non-hydrogen) atoms. The Hall–Kier alpha value is -1.14. The third-order valence-corrected chi connectivity index (χ3v) is 4.03. The topological polar surface area (TPSA) is 61.7 Å². The smallest absolute Gasteiger partial charge is 0.0953 e. The van der Waals surface area contributed by atoms with Crippen molar-refractivity contribution in [3.05, 3.63) is 34.1 Å². The van der Waals surface area contributed by atoms with Gasteiger partial charge < -0.3 is 10.3 Å². The van der Waals surface area contributed by atoms with Gasteiger partial charge in [0.25, 0.3) is 0 Å². The molecule has 0 fully saturated rings. The van der Waals surface area contributed by atoms with Gasteiger partial charge in [0.1, 0.15) is 0 Å². The fraction of sp³-hybridized carbons (Fsp3) is 0.538. The molecule has 0 radical (unpaired) electrons. The van der Waals surface area contributed by atoms with Crippen molar-refractivity contribution < 1.29 is 0 Å². The lowest BCUT2D eigenvalue weighted by molar-refractivity contribution is 0.594. The second-order valence-electron chi connectivity index (χ2n) is 4.45. The maximum atomic E-state index is 5.54. The van der Waals surface area contributed by atoms with Gasteiger partial charge in [-0.15, -0.1) is 0 Å². The molecule has 104 valence electrons. The highest BCUT2D eigenvalue weighted by Gasteiger charge is 2.14. The van der Waals surface area contributed by atoms with Gasteiger partial charge >= 0.3 is 0 Å². The Morgan fingerprint density at radius 3 is 2.79 bits per heavy atom. The Kier molecular flexibility index (Phi) is 4.76. The highest BCUT2D eigenvalue weighted by atomic mass is 79.9. The fourth-order valence-electron chi connectivity index (χ4n) is 2.11. The highest BCUT2D eigenvalue weighted by molar-refractivity contribution is 9.10. The van der Waals surface area contributed by atoms with Crippen LogP contribution in [0.25, 0.3) is 0 Å². The van der Waals surface area contributed by atoms with Crippen LogP contribution in [0.5, 0.6) is 0 Å². The first-order valence-electron chi connectivity index (χ1n) is 6.64. The summed E-state index contributed by atoms with van der Waals surface area (Å²) in [5, 5.41) is 4.60. The summed E-state index contributed by atoms with van der Waals surface area (Å²) >= 11 is 3.66. The molecule has 0 unspecified atom stereocenters. The van der Waals surface area contributed by atoms with Gasteiger partial charge in [-0.3, -0.25) is 4.68 Å². The minimum absolute atomic E-state index is 0.633. The van der Waals surface area contributed by atoms with Gasteiger partial charge in [-0.25, -0.2) is 4.98 Å². The molecule has 2 aromatic heterocycles. The molecular formula is C13H20BrN5. The first kappa shape index (κ1) is 14.3. The molecule has 0 amide bonds. The molecule has 5 nitrogen and oxygen atoms in total. The number of halogens is 1. The van der Waals surface area contributed by atoms with Crippen LogP contribution < -0.4 is 5.73 Å². The molecule has 2 N–H and O–H groups in total. The fourth-order valence-corrected chi connectivity index (χ4v) is 2.80.